The summed E-state index contributed by atoms with van der Waals surface area (Å²) in [6.45, 7) is 2.41. The fourth-order valence-corrected chi connectivity index (χ4v) is 8.60. The summed E-state index contributed by atoms with van der Waals surface area (Å²) >= 11 is 0. The molecule has 10 rings (SSSR count). The van der Waals surface area contributed by atoms with Gasteiger partial charge in [0.1, 0.15) is 0 Å². The van der Waals surface area contributed by atoms with Crippen molar-refractivity contribution in [3.63, 3.8) is 0 Å². The molecule has 1 heterocycles. The second-order valence-corrected chi connectivity index (χ2v) is 13.5. The lowest BCUT2D eigenvalue weighted by Crippen LogP contribution is -2.26. The van der Waals surface area contributed by atoms with Gasteiger partial charge in [0.05, 0.1) is 22.4 Å². The minimum absolute atomic E-state index is 0.361. The Morgan fingerprint density at radius 3 is 1.76 bits per heavy atom. The van der Waals surface area contributed by atoms with E-state index < -0.39 is 0 Å². The van der Waals surface area contributed by atoms with Gasteiger partial charge in [-0.25, -0.2) is 0 Å². The van der Waals surface area contributed by atoms with E-state index in [-0.39, 0.29) is 5.41 Å². The van der Waals surface area contributed by atoms with Gasteiger partial charge in [-0.3, -0.25) is 0 Å². The van der Waals surface area contributed by atoms with Gasteiger partial charge in [-0.15, -0.1) is 0 Å². The molecule has 1 aromatic heterocycles. The van der Waals surface area contributed by atoms with Gasteiger partial charge in [0.15, 0.2) is 0 Å². The number of para-hydroxylation sites is 3. The van der Waals surface area contributed by atoms with Crippen LogP contribution in [0.3, 0.4) is 0 Å². The molecule has 2 heteroatoms. The topological polar surface area (TPSA) is 8.17 Å². The van der Waals surface area contributed by atoms with E-state index in [4.69, 9.17) is 0 Å². The van der Waals surface area contributed by atoms with Gasteiger partial charge in [-0.1, -0.05) is 140 Å². The van der Waals surface area contributed by atoms with Crippen molar-refractivity contribution in [1.82, 2.24) is 4.57 Å². The van der Waals surface area contributed by atoms with Gasteiger partial charge in [0.25, 0.3) is 0 Å². The molecule has 0 N–H and O–H groups in total. The predicted molar refractivity (Wildman–Crippen MR) is 210 cm³/mol. The summed E-state index contributed by atoms with van der Waals surface area (Å²) in [6, 6.07) is 68.8. The average Bonchev–Trinajstić information content (AvgIpc) is 3.65. The third-order valence-electron chi connectivity index (χ3n) is 10.8. The molecule has 50 heavy (non-hydrogen) atoms. The number of hydrogen-bond donors (Lipinski definition) is 0. The van der Waals surface area contributed by atoms with E-state index in [9.17, 15) is 0 Å². The first kappa shape index (κ1) is 28.6. The van der Waals surface area contributed by atoms with Gasteiger partial charge in [0, 0.05) is 32.9 Å². The molecule has 0 spiro atoms. The van der Waals surface area contributed by atoms with Crippen LogP contribution in [0.2, 0.25) is 0 Å². The zero-order valence-corrected chi connectivity index (χ0v) is 27.8. The van der Waals surface area contributed by atoms with Gasteiger partial charge in [-0.2, -0.15) is 0 Å². The fourth-order valence-electron chi connectivity index (χ4n) is 8.60. The molecule has 236 valence electrons. The predicted octanol–water partition coefficient (Wildman–Crippen LogP) is 12.7. The molecule has 0 radical (unpaired) electrons. The highest BCUT2D eigenvalue weighted by Crippen LogP contribution is 2.55. The second-order valence-electron chi connectivity index (χ2n) is 13.5. The number of anilines is 3. The van der Waals surface area contributed by atoms with Crippen LogP contribution < -0.4 is 4.90 Å². The zero-order chi connectivity index (χ0) is 33.2. The van der Waals surface area contributed by atoms with Gasteiger partial charge in [-0.05, 0) is 88.7 Å². The Morgan fingerprint density at radius 2 is 0.980 bits per heavy atom. The molecule has 8 aromatic carbocycles. The van der Waals surface area contributed by atoms with E-state index in [0.29, 0.717) is 0 Å². The van der Waals surface area contributed by atoms with E-state index in [1.807, 2.05) is 0 Å². The summed E-state index contributed by atoms with van der Waals surface area (Å²) in [5.41, 5.74) is 13.2. The Bertz CT molecular complexity index is 2680. The number of hydrogen-bond acceptors (Lipinski definition) is 1. The second kappa shape index (κ2) is 11.1. The minimum Gasteiger partial charge on any atom is -0.310 e. The lowest BCUT2D eigenvalue weighted by Gasteiger charge is -2.35. The van der Waals surface area contributed by atoms with Crippen LogP contribution in [-0.2, 0) is 5.41 Å². The summed E-state index contributed by atoms with van der Waals surface area (Å²) in [5, 5.41) is 4.91. The number of nitrogens with zero attached hydrogens (tertiary/aromatic N) is 2. The maximum absolute atomic E-state index is 2.50. The van der Waals surface area contributed by atoms with Crippen LogP contribution in [0.5, 0.6) is 0 Å². The Balaban J connectivity index is 1.28. The standard InChI is InChI=1S/C48H34N2/c1-48(41-24-10-7-21-37(41)38-22-8-11-25-42(38)48)43-26-12-14-28-47(43)50(44-29-15-17-33-16-5-6-20-36(33)44)35-30-31-46-40(32-35)39-23-9-13-27-45(39)49(46)34-18-3-2-4-19-34/h2-32H,1H3. The van der Waals surface area contributed by atoms with Crippen molar-refractivity contribution in [3.8, 4) is 16.8 Å². The molecule has 9 aromatic rings. The molecule has 0 saturated carbocycles. The summed E-state index contributed by atoms with van der Waals surface area (Å²) < 4.78 is 2.39. The number of fused-ring (bicyclic) bond motifs is 7. The lowest BCUT2D eigenvalue weighted by molar-refractivity contribution is 0.714. The quantitative estimate of drug-likeness (QED) is 0.182. The Kier molecular flexibility index (Phi) is 6.34. The van der Waals surface area contributed by atoms with E-state index in [2.05, 4.69) is 204 Å². The maximum atomic E-state index is 2.50. The molecule has 2 nitrogen and oxygen atoms in total. The molecule has 1 aliphatic rings. The molecule has 0 saturated heterocycles. The van der Waals surface area contributed by atoms with E-state index in [1.165, 1.54) is 66.1 Å². The van der Waals surface area contributed by atoms with Crippen LogP contribution in [-0.4, -0.2) is 4.57 Å². The first-order chi connectivity index (χ1) is 24.7. The molecular formula is C48H34N2. The van der Waals surface area contributed by atoms with E-state index >= 15 is 0 Å². The maximum Gasteiger partial charge on any atom is 0.0542 e. The first-order valence-electron chi connectivity index (χ1n) is 17.4. The van der Waals surface area contributed by atoms with Crippen LogP contribution in [0, 0.1) is 0 Å². The Labute approximate surface area is 292 Å². The summed E-state index contributed by atoms with van der Waals surface area (Å²) in [6.07, 6.45) is 0. The molecule has 0 bridgehead atoms. The van der Waals surface area contributed by atoms with Gasteiger partial charge >= 0.3 is 0 Å². The van der Waals surface area contributed by atoms with Crippen LogP contribution in [0.15, 0.2) is 188 Å². The van der Waals surface area contributed by atoms with Crippen molar-refractivity contribution in [2.75, 3.05) is 4.90 Å². The minimum atomic E-state index is -0.361. The van der Waals surface area contributed by atoms with Gasteiger partial charge < -0.3 is 9.47 Å². The molecule has 0 unspecified atom stereocenters. The lowest BCUT2D eigenvalue weighted by atomic mass is 9.73. The van der Waals surface area contributed by atoms with Crippen LogP contribution >= 0.6 is 0 Å². The monoisotopic (exact) mass is 638 g/mol. The van der Waals surface area contributed by atoms with E-state index in [1.54, 1.807) is 0 Å². The highest BCUT2D eigenvalue weighted by molar-refractivity contribution is 6.11. The number of benzene rings is 8. The highest BCUT2D eigenvalue weighted by Gasteiger charge is 2.42. The number of aromatic nitrogens is 1. The van der Waals surface area contributed by atoms with E-state index in [0.717, 1.165) is 17.1 Å². The fraction of sp³-hybridized carbons (Fsp3) is 0.0417. The average molecular weight is 639 g/mol. The molecule has 0 fully saturated rings. The first-order valence-corrected chi connectivity index (χ1v) is 17.4. The summed E-state index contributed by atoms with van der Waals surface area (Å²) in [7, 11) is 0. The smallest absolute Gasteiger partial charge is 0.0542 e. The van der Waals surface area contributed by atoms with Crippen molar-refractivity contribution < 1.29 is 0 Å². The van der Waals surface area contributed by atoms with Crippen LogP contribution in [0.4, 0.5) is 17.1 Å². The zero-order valence-electron chi connectivity index (χ0n) is 27.8. The SMILES string of the molecule is CC1(c2ccccc2N(c2ccc3c(c2)c2ccccc2n3-c2ccccc2)c2cccc3ccccc23)c2ccccc2-c2ccccc21. The third kappa shape index (κ3) is 4.09. The molecule has 0 aliphatic heterocycles. The van der Waals surface area contributed by atoms with Crippen molar-refractivity contribution >= 4 is 49.6 Å². The van der Waals surface area contributed by atoms with Crippen molar-refractivity contribution in [2.45, 2.75) is 12.3 Å². The normalized spacial score (nSPS) is 13.1. The van der Waals surface area contributed by atoms with Gasteiger partial charge in [0.2, 0.25) is 0 Å². The Hall–Kier alpha value is -6.38. The largest absolute Gasteiger partial charge is 0.310 e. The molecule has 1 aliphatic carbocycles. The molecule has 0 amide bonds. The number of rotatable bonds is 5. The molecule has 0 atom stereocenters. The molecular weight excluding hydrogens is 605 g/mol. The highest BCUT2D eigenvalue weighted by atomic mass is 15.1. The Morgan fingerprint density at radius 1 is 0.420 bits per heavy atom. The summed E-state index contributed by atoms with van der Waals surface area (Å²) in [5.74, 6) is 0. The van der Waals surface area contributed by atoms with Crippen molar-refractivity contribution in [2.24, 2.45) is 0 Å². The van der Waals surface area contributed by atoms with Crippen molar-refractivity contribution in [3.05, 3.63) is 205 Å². The van der Waals surface area contributed by atoms with Crippen LogP contribution in [0.1, 0.15) is 23.6 Å². The third-order valence-corrected chi connectivity index (χ3v) is 10.8. The van der Waals surface area contributed by atoms with Crippen molar-refractivity contribution in [1.29, 1.82) is 0 Å². The summed E-state index contributed by atoms with van der Waals surface area (Å²) in [4.78, 5) is 2.50. The van der Waals surface area contributed by atoms with Crippen LogP contribution in [0.25, 0.3) is 49.4 Å².